The van der Waals surface area contributed by atoms with Crippen molar-refractivity contribution >= 4 is 29.0 Å². The summed E-state index contributed by atoms with van der Waals surface area (Å²) in [5.74, 6) is -0.446. The molecule has 1 aliphatic heterocycles. The molecule has 2 aromatic heterocycles. The van der Waals surface area contributed by atoms with E-state index in [4.69, 9.17) is 17.3 Å². The summed E-state index contributed by atoms with van der Waals surface area (Å²) in [6.45, 7) is 2.71. The standard InChI is InChI=1S/C24H26ClFN6O/c1-13-7-9-32(30-13)14-6-8-24(10-14)12-29-22-19(24)20(25)16(11-28-22)15-4-5-17(27)18(21(15)26)23(33)31(2)3/h4-5,7,9,11,14H,6,8,10,12,27H2,1-3H3,(H,28,29)/t14-,24-/m1/s1. The van der Waals surface area contributed by atoms with Crippen molar-refractivity contribution in [3.8, 4) is 11.1 Å². The number of nitrogen functional groups attached to an aromatic ring is 1. The number of carbonyl (C=O) groups excluding carboxylic acids is 1. The van der Waals surface area contributed by atoms with Crippen molar-refractivity contribution in [2.45, 2.75) is 37.6 Å². The number of rotatable bonds is 3. The number of fused-ring (bicyclic) bond motifs is 2. The average molecular weight is 469 g/mol. The first-order valence-corrected chi connectivity index (χ1v) is 11.3. The van der Waals surface area contributed by atoms with Crippen LogP contribution in [-0.4, -0.2) is 46.2 Å². The summed E-state index contributed by atoms with van der Waals surface area (Å²) >= 11 is 6.97. The minimum Gasteiger partial charge on any atom is -0.398 e. The number of anilines is 2. The van der Waals surface area contributed by atoms with E-state index in [2.05, 4.69) is 15.4 Å². The Morgan fingerprint density at radius 3 is 2.82 bits per heavy atom. The minimum atomic E-state index is -0.686. The van der Waals surface area contributed by atoms with Gasteiger partial charge >= 0.3 is 0 Å². The first-order valence-electron chi connectivity index (χ1n) is 11.0. The van der Waals surface area contributed by atoms with Crippen LogP contribution in [0.4, 0.5) is 15.9 Å². The number of pyridine rings is 1. The monoisotopic (exact) mass is 468 g/mol. The van der Waals surface area contributed by atoms with Gasteiger partial charge in [-0.05, 0) is 44.4 Å². The number of benzene rings is 1. The lowest BCUT2D eigenvalue weighted by molar-refractivity contribution is 0.0824. The Morgan fingerprint density at radius 1 is 1.33 bits per heavy atom. The molecule has 5 rings (SSSR count). The van der Waals surface area contributed by atoms with Gasteiger partial charge in [-0.2, -0.15) is 5.10 Å². The maximum atomic E-state index is 15.6. The van der Waals surface area contributed by atoms with Crippen LogP contribution in [0, 0.1) is 12.7 Å². The summed E-state index contributed by atoms with van der Waals surface area (Å²) in [5.41, 5.74) is 8.27. The molecule has 3 heterocycles. The average Bonchev–Trinajstić information content (AvgIpc) is 3.49. The van der Waals surface area contributed by atoms with Gasteiger partial charge in [0.05, 0.1) is 22.3 Å². The molecule has 2 aliphatic rings. The molecule has 3 N–H and O–H groups in total. The summed E-state index contributed by atoms with van der Waals surface area (Å²) in [5, 5.41) is 8.47. The lowest BCUT2D eigenvalue weighted by atomic mass is 9.80. The third-order valence-electron chi connectivity index (χ3n) is 6.92. The molecule has 33 heavy (non-hydrogen) atoms. The topological polar surface area (TPSA) is 89.1 Å². The number of aromatic nitrogens is 3. The molecule has 1 fully saturated rings. The number of halogens is 2. The van der Waals surface area contributed by atoms with E-state index >= 15 is 4.39 Å². The zero-order valence-corrected chi connectivity index (χ0v) is 19.6. The summed E-state index contributed by atoms with van der Waals surface area (Å²) in [7, 11) is 3.12. The van der Waals surface area contributed by atoms with Gasteiger partial charge in [0, 0.05) is 60.8 Å². The van der Waals surface area contributed by atoms with Crippen LogP contribution in [0.25, 0.3) is 11.1 Å². The fraction of sp³-hybridized carbons (Fsp3) is 0.375. The van der Waals surface area contributed by atoms with E-state index in [1.54, 1.807) is 32.4 Å². The van der Waals surface area contributed by atoms with E-state index in [-0.39, 0.29) is 28.3 Å². The van der Waals surface area contributed by atoms with Crippen molar-refractivity contribution in [3.63, 3.8) is 0 Å². The SMILES string of the molecule is Cc1ccn([C@@H]2CC[C@]3(CNc4ncc(-c5ccc(N)c(C(=O)N(C)C)c5F)c(Cl)c43)C2)n1. The van der Waals surface area contributed by atoms with Gasteiger partial charge in [0.25, 0.3) is 5.91 Å². The molecule has 1 spiro atoms. The molecule has 172 valence electrons. The third-order valence-corrected chi connectivity index (χ3v) is 7.32. The van der Waals surface area contributed by atoms with Gasteiger partial charge in [-0.25, -0.2) is 9.37 Å². The van der Waals surface area contributed by atoms with Crippen LogP contribution in [0.2, 0.25) is 5.02 Å². The number of hydrogen-bond acceptors (Lipinski definition) is 5. The maximum Gasteiger partial charge on any atom is 0.258 e. The highest BCUT2D eigenvalue weighted by Crippen LogP contribution is 2.54. The highest BCUT2D eigenvalue weighted by molar-refractivity contribution is 6.34. The Kier molecular flexibility index (Phi) is 5.08. The number of nitrogens with zero attached hydrogens (tertiary/aromatic N) is 4. The smallest absolute Gasteiger partial charge is 0.258 e. The molecule has 0 unspecified atom stereocenters. The molecule has 1 aliphatic carbocycles. The molecule has 1 saturated carbocycles. The quantitative estimate of drug-likeness (QED) is 0.555. The predicted molar refractivity (Wildman–Crippen MR) is 127 cm³/mol. The molecule has 7 nitrogen and oxygen atoms in total. The Labute approximate surface area is 196 Å². The van der Waals surface area contributed by atoms with Gasteiger partial charge in [-0.3, -0.25) is 9.48 Å². The number of nitrogens with two attached hydrogens (primary N) is 1. The van der Waals surface area contributed by atoms with Crippen molar-refractivity contribution in [2.24, 2.45) is 0 Å². The van der Waals surface area contributed by atoms with E-state index in [1.807, 2.05) is 23.9 Å². The molecule has 9 heteroatoms. The van der Waals surface area contributed by atoms with Crippen LogP contribution in [-0.2, 0) is 5.41 Å². The number of amides is 1. The number of aryl methyl sites for hydroxylation is 1. The van der Waals surface area contributed by atoms with Gasteiger partial charge in [-0.1, -0.05) is 11.6 Å². The molecular weight excluding hydrogens is 443 g/mol. The molecule has 1 amide bonds. The first-order chi connectivity index (χ1) is 15.7. The summed E-state index contributed by atoms with van der Waals surface area (Å²) < 4.78 is 17.6. The Hall–Kier alpha value is -3.13. The Balaban J connectivity index is 1.58. The van der Waals surface area contributed by atoms with Crippen molar-refractivity contribution in [3.05, 3.63) is 58.3 Å². The first kappa shape index (κ1) is 21.7. The lowest BCUT2D eigenvalue weighted by Gasteiger charge is -2.25. The Bertz CT molecular complexity index is 1270. The fourth-order valence-electron chi connectivity index (χ4n) is 5.22. The Morgan fingerprint density at radius 2 is 2.12 bits per heavy atom. The molecule has 0 radical (unpaired) electrons. The molecular formula is C24H26ClFN6O. The molecule has 3 aromatic rings. The second kappa shape index (κ2) is 7.73. The van der Waals surface area contributed by atoms with Crippen LogP contribution in [0.5, 0.6) is 0 Å². The van der Waals surface area contributed by atoms with E-state index in [9.17, 15) is 4.79 Å². The highest BCUT2D eigenvalue weighted by Gasteiger charge is 2.48. The molecule has 2 atom stereocenters. The van der Waals surface area contributed by atoms with Gasteiger partial charge < -0.3 is 16.0 Å². The lowest BCUT2D eigenvalue weighted by Crippen LogP contribution is -2.26. The maximum absolute atomic E-state index is 15.6. The highest BCUT2D eigenvalue weighted by atomic mass is 35.5. The van der Waals surface area contributed by atoms with Crippen molar-refractivity contribution in [1.29, 1.82) is 0 Å². The van der Waals surface area contributed by atoms with Crippen LogP contribution < -0.4 is 11.1 Å². The summed E-state index contributed by atoms with van der Waals surface area (Å²) in [6, 6.07) is 5.38. The fourth-order valence-corrected chi connectivity index (χ4v) is 5.66. The predicted octanol–water partition coefficient (Wildman–Crippen LogP) is 4.42. The van der Waals surface area contributed by atoms with Gasteiger partial charge in [0.1, 0.15) is 11.6 Å². The van der Waals surface area contributed by atoms with E-state index < -0.39 is 11.7 Å². The van der Waals surface area contributed by atoms with E-state index in [0.717, 1.165) is 42.9 Å². The van der Waals surface area contributed by atoms with Crippen molar-refractivity contribution in [2.75, 3.05) is 31.7 Å². The second-order valence-electron chi connectivity index (χ2n) is 9.27. The van der Waals surface area contributed by atoms with E-state index in [0.29, 0.717) is 10.6 Å². The summed E-state index contributed by atoms with van der Waals surface area (Å²) in [6.07, 6.45) is 6.35. The zero-order chi connectivity index (χ0) is 23.5. The van der Waals surface area contributed by atoms with Gasteiger partial charge in [0.2, 0.25) is 0 Å². The van der Waals surface area contributed by atoms with Crippen LogP contribution >= 0.6 is 11.6 Å². The minimum absolute atomic E-state index is 0.0893. The van der Waals surface area contributed by atoms with Gasteiger partial charge in [0.15, 0.2) is 0 Å². The normalized spacial score (nSPS) is 21.3. The third kappa shape index (κ3) is 3.35. The van der Waals surface area contributed by atoms with Crippen LogP contribution in [0.3, 0.4) is 0 Å². The number of hydrogen-bond donors (Lipinski definition) is 2. The van der Waals surface area contributed by atoms with E-state index in [1.165, 1.54) is 4.90 Å². The molecule has 0 bridgehead atoms. The largest absolute Gasteiger partial charge is 0.398 e. The van der Waals surface area contributed by atoms with Crippen molar-refractivity contribution < 1.29 is 9.18 Å². The zero-order valence-electron chi connectivity index (χ0n) is 18.8. The number of carbonyl (C=O) groups is 1. The molecule has 1 aromatic carbocycles. The van der Waals surface area contributed by atoms with Crippen LogP contribution in [0.1, 0.15) is 46.9 Å². The summed E-state index contributed by atoms with van der Waals surface area (Å²) in [4.78, 5) is 18.4. The van der Waals surface area contributed by atoms with Crippen molar-refractivity contribution in [1.82, 2.24) is 19.7 Å². The molecule has 0 saturated heterocycles. The number of nitrogens with one attached hydrogen (secondary N) is 1. The van der Waals surface area contributed by atoms with Gasteiger partial charge in [-0.15, -0.1) is 0 Å². The second-order valence-corrected chi connectivity index (χ2v) is 9.65. The van der Waals surface area contributed by atoms with Crippen LogP contribution in [0.15, 0.2) is 30.6 Å².